The zero-order valence-corrected chi connectivity index (χ0v) is 15.7. The normalized spacial score (nSPS) is 10.4. The van der Waals surface area contributed by atoms with Crippen LogP contribution in [0.4, 0.5) is 0 Å². The molecular formula is C22H21NO5. The summed E-state index contributed by atoms with van der Waals surface area (Å²) < 4.78 is 15.6. The first-order valence-corrected chi connectivity index (χ1v) is 8.74. The molecule has 3 aromatic rings. The van der Waals surface area contributed by atoms with Gasteiger partial charge in [0.2, 0.25) is 0 Å². The average molecular weight is 379 g/mol. The highest BCUT2D eigenvalue weighted by Gasteiger charge is 2.12. The fourth-order valence-corrected chi connectivity index (χ4v) is 2.82. The molecule has 144 valence electrons. The predicted octanol–water partition coefficient (Wildman–Crippen LogP) is 3.33. The molecule has 0 aliphatic rings. The second-order valence-corrected chi connectivity index (χ2v) is 6.08. The molecule has 0 atom stereocenters. The standard InChI is InChI=1S/C22H21NO5/c1-26-18-10-17(11-19(12-18)27-2)22(25)23-13-21(24)28-14-16-8-5-7-15-6-3-4-9-20(15)16/h3-12H,13-14H2,1-2H3,(H,23,25). The van der Waals surface area contributed by atoms with Crippen LogP contribution in [0, 0.1) is 0 Å². The van der Waals surface area contributed by atoms with Gasteiger partial charge in [0.15, 0.2) is 0 Å². The lowest BCUT2D eigenvalue weighted by Gasteiger charge is -2.10. The molecule has 1 amide bonds. The van der Waals surface area contributed by atoms with Crippen LogP contribution in [0.3, 0.4) is 0 Å². The van der Waals surface area contributed by atoms with Crippen LogP contribution in [-0.4, -0.2) is 32.6 Å². The van der Waals surface area contributed by atoms with Crippen molar-refractivity contribution in [3.63, 3.8) is 0 Å². The Hall–Kier alpha value is -3.54. The van der Waals surface area contributed by atoms with E-state index in [1.165, 1.54) is 14.2 Å². The Bertz CT molecular complexity index is 972. The van der Waals surface area contributed by atoms with Gasteiger partial charge in [-0.25, -0.2) is 0 Å². The summed E-state index contributed by atoms with van der Waals surface area (Å²) >= 11 is 0. The Morgan fingerprint density at radius 3 is 2.29 bits per heavy atom. The SMILES string of the molecule is COc1cc(OC)cc(C(=O)NCC(=O)OCc2cccc3ccccc23)c1. The third-order valence-corrected chi connectivity index (χ3v) is 4.28. The molecule has 0 saturated carbocycles. The van der Waals surface area contributed by atoms with E-state index in [0.717, 1.165) is 16.3 Å². The first-order chi connectivity index (χ1) is 13.6. The van der Waals surface area contributed by atoms with Crippen LogP contribution >= 0.6 is 0 Å². The van der Waals surface area contributed by atoms with Crippen molar-refractivity contribution >= 4 is 22.6 Å². The molecule has 0 unspecified atom stereocenters. The fourth-order valence-electron chi connectivity index (χ4n) is 2.82. The van der Waals surface area contributed by atoms with Gasteiger partial charge in [0.25, 0.3) is 5.91 Å². The van der Waals surface area contributed by atoms with Gasteiger partial charge in [0.1, 0.15) is 24.7 Å². The molecule has 0 aliphatic carbocycles. The van der Waals surface area contributed by atoms with Crippen molar-refractivity contribution in [2.45, 2.75) is 6.61 Å². The van der Waals surface area contributed by atoms with Crippen LogP contribution < -0.4 is 14.8 Å². The largest absolute Gasteiger partial charge is 0.497 e. The van der Waals surface area contributed by atoms with E-state index in [-0.39, 0.29) is 13.2 Å². The Balaban J connectivity index is 1.57. The van der Waals surface area contributed by atoms with Crippen LogP contribution in [0.1, 0.15) is 15.9 Å². The van der Waals surface area contributed by atoms with Crippen LogP contribution in [0.15, 0.2) is 60.7 Å². The molecule has 3 aromatic carbocycles. The smallest absolute Gasteiger partial charge is 0.325 e. The van der Waals surface area contributed by atoms with Gasteiger partial charge in [0, 0.05) is 11.6 Å². The molecule has 6 nitrogen and oxygen atoms in total. The Morgan fingerprint density at radius 1 is 0.893 bits per heavy atom. The molecule has 0 bridgehead atoms. The highest BCUT2D eigenvalue weighted by molar-refractivity contribution is 5.96. The van der Waals surface area contributed by atoms with Crippen molar-refractivity contribution in [3.05, 3.63) is 71.8 Å². The van der Waals surface area contributed by atoms with Gasteiger partial charge in [-0.1, -0.05) is 42.5 Å². The van der Waals surface area contributed by atoms with E-state index in [2.05, 4.69) is 5.32 Å². The minimum Gasteiger partial charge on any atom is -0.497 e. The summed E-state index contributed by atoms with van der Waals surface area (Å²) in [5.41, 5.74) is 1.24. The summed E-state index contributed by atoms with van der Waals surface area (Å²) in [5, 5.41) is 4.66. The number of hydrogen-bond acceptors (Lipinski definition) is 5. The third-order valence-electron chi connectivity index (χ3n) is 4.28. The number of rotatable bonds is 7. The van der Waals surface area contributed by atoms with E-state index in [1.807, 2.05) is 42.5 Å². The Morgan fingerprint density at radius 2 is 1.57 bits per heavy atom. The van der Waals surface area contributed by atoms with Gasteiger partial charge in [-0.15, -0.1) is 0 Å². The molecule has 0 heterocycles. The van der Waals surface area contributed by atoms with Crippen LogP contribution in [0.5, 0.6) is 11.5 Å². The lowest BCUT2D eigenvalue weighted by atomic mass is 10.1. The van der Waals surface area contributed by atoms with Crippen molar-refractivity contribution in [1.29, 1.82) is 0 Å². The Labute approximate surface area is 163 Å². The number of esters is 1. The van der Waals surface area contributed by atoms with Gasteiger partial charge in [0.05, 0.1) is 14.2 Å². The quantitative estimate of drug-likeness (QED) is 0.638. The average Bonchev–Trinajstić information content (AvgIpc) is 2.75. The summed E-state index contributed by atoms with van der Waals surface area (Å²) in [4.78, 5) is 24.4. The maximum Gasteiger partial charge on any atom is 0.325 e. The van der Waals surface area contributed by atoms with Crippen LogP contribution in [-0.2, 0) is 16.1 Å². The molecule has 0 radical (unpaired) electrons. The van der Waals surface area contributed by atoms with Gasteiger partial charge >= 0.3 is 5.97 Å². The lowest BCUT2D eigenvalue weighted by molar-refractivity contribution is -0.143. The number of fused-ring (bicyclic) bond motifs is 1. The Kier molecular flexibility index (Phi) is 6.11. The van der Waals surface area contributed by atoms with Gasteiger partial charge < -0.3 is 19.5 Å². The van der Waals surface area contributed by atoms with Crippen molar-refractivity contribution in [2.75, 3.05) is 20.8 Å². The summed E-state index contributed by atoms with van der Waals surface area (Å²) in [6.45, 7) is -0.0911. The first kappa shape index (κ1) is 19.2. The molecular weight excluding hydrogens is 358 g/mol. The molecule has 1 N–H and O–H groups in total. The highest BCUT2D eigenvalue weighted by Crippen LogP contribution is 2.22. The molecule has 6 heteroatoms. The summed E-state index contributed by atoms with van der Waals surface area (Å²) in [7, 11) is 3.00. The topological polar surface area (TPSA) is 73.9 Å². The van der Waals surface area contributed by atoms with E-state index >= 15 is 0 Å². The number of hydrogen-bond donors (Lipinski definition) is 1. The molecule has 0 saturated heterocycles. The van der Waals surface area contributed by atoms with Crippen molar-refractivity contribution in [3.8, 4) is 11.5 Å². The highest BCUT2D eigenvalue weighted by atomic mass is 16.5. The summed E-state index contributed by atoms with van der Waals surface area (Å²) in [6, 6.07) is 18.5. The first-order valence-electron chi connectivity index (χ1n) is 8.74. The second-order valence-electron chi connectivity index (χ2n) is 6.08. The molecule has 28 heavy (non-hydrogen) atoms. The number of carbonyl (C=O) groups is 2. The fraction of sp³-hybridized carbons (Fsp3) is 0.182. The zero-order valence-electron chi connectivity index (χ0n) is 15.7. The maximum atomic E-state index is 12.3. The maximum absolute atomic E-state index is 12.3. The van der Waals surface area contributed by atoms with Crippen molar-refractivity contribution < 1.29 is 23.8 Å². The van der Waals surface area contributed by atoms with E-state index < -0.39 is 11.9 Å². The molecule has 3 rings (SSSR count). The number of methoxy groups -OCH3 is 2. The number of benzene rings is 3. The third kappa shape index (κ3) is 4.59. The molecule has 0 aliphatic heterocycles. The molecule has 0 fully saturated rings. The van der Waals surface area contributed by atoms with E-state index in [9.17, 15) is 9.59 Å². The molecule has 0 spiro atoms. The number of nitrogens with one attached hydrogen (secondary N) is 1. The van der Waals surface area contributed by atoms with Gasteiger partial charge in [-0.3, -0.25) is 9.59 Å². The van der Waals surface area contributed by atoms with Crippen molar-refractivity contribution in [1.82, 2.24) is 5.32 Å². The number of carbonyl (C=O) groups excluding carboxylic acids is 2. The minimum atomic E-state index is -0.517. The van der Waals surface area contributed by atoms with Gasteiger partial charge in [-0.05, 0) is 28.5 Å². The van der Waals surface area contributed by atoms with Crippen molar-refractivity contribution in [2.24, 2.45) is 0 Å². The van der Waals surface area contributed by atoms with Crippen LogP contribution in [0.2, 0.25) is 0 Å². The number of ether oxygens (including phenoxy) is 3. The summed E-state index contributed by atoms with van der Waals surface area (Å²) in [6.07, 6.45) is 0. The number of amides is 1. The van der Waals surface area contributed by atoms with E-state index in [0.29, 0.717) is 17.1 Å². The second kappa shape index (κ2) is 8.90. The zero-order chi connectivity index (χ0) is 19.9. The predicted molar refractivity (Wildman–Crippen MR) is 106 cm³/mol. The molecule has 0 aromatic heterocycles. The van der Waals surface area contributed by atoms with E-state index in [1.54, 1.807) is 18.2 Å². The lowest BCUT2D eigenvalue weighted by Crippen LogP contribution is -2.30. The van der Waals surface area contributed by atoms with Gasteiger partial charge in [-0.2, -0.15) is 0 Å². The monoisotopic (exact) mass is 379 g/mol. The summed E-state index contributed by atoms with van der Waals surface area (Å²) in [5.74, 6) is 0.0431. The van der Waals surface area contributed by atoms with E-state index in [4.69, 9.17) is 14.2 Å². The minimum absolute atomic E-state index is 0.142. The van der Waals surface area contributed by atoms with Crippen LogP contribution in [0.25, 0.3) is 10.8 Å².